The van der Waals surface area contributed by atoms with E-state index in [2.05, 4.69) is 14.9 Å². The Labute approximate surface area is 152 Å². The Bertz CT molecular complexity index is 1080. The van der Waals surface area contributed by atoms with Crippen molar-refractivity contribution in [1.29, 1.82) is 0 Å². The number of nitrogens with zero attached hydrogens (tertiary/aromatic N) is 1. The summed E-state index contributed by atoms with van der Waals surface area (Å²) in [5.41, 5.74) is 2.98. The van der Waals surface area contributed by atoms with Crippen LogP contribution in [0.25, 0.3) is 11.3 Å². The first kappa shape index (κ1) is 17.9. The smallest absolute Gasteiger partial charge is 0.264 e. The molecule has 26 heavy (non-hydrogen) atoms. The molecule has 0 radical (unpaired) electrons. The molecule has 3 aromatic rings. The van der Waals surface area contributed by atoms with E-state index in [1.807, 2.05) is 25.1 Å². The number of aromatic amines is 1. The van der Waals surface area contributed by atoms with Gasteiger partial charge in [-0.05, 0) is 48.7 Å². The number of hydrogen-bond acceptors (Lipinski definition) is 4. The molecule has 3 rings (SSSR count). The first-order chi connectivity index (χ1) is 12.4. The normalized spacial score (nSPS) is 11.3. The van der Waals surface area contributed by atoms with Crippen molar-refractivity contribution < 1.29 is 8.42 Å². The van der Waals surface area contributed by atoms with Gasteiger partial charge in [0.15, 0.2) is 0 Å². The van der Waals surface area contributed by atoms with Gasteiger partial charge < -0.3 is 0 Å². The molecule has 0 saturated carbocycles. The number of aromatic nitrogens is 2. The molecule has 1 aromatic heterocycles. The predicted octanol–water partition coefficient (Wildman–Crippen LogP) is 3.11. The van der Waals surface area contributed by atoms with Crippen LogP contribution in [0.2, 0.25) is 0 Å². The number of benzene rings is 2. The zero-order chi connectivity index (χ0) is 18.7. The van der Waals surface area contributed by atoms with Gasteiger partial charge in [0.25, 0.3) is 15.6 Å². The Balaban J connectivity index is 2.00. The minimum atomic E-state index is -3.76. The van der Waals surface area contributed by atoms with E-state index in [1.54, 1.807) is 37.3 Å². The first-order valence-corrected chi connectivity index (χ1v) is 9.66. The molecular weight excluding hydrogens is 350 g/mol. The molecule has 0 fully saturated rings. The van der Waals surface area contributed by atoms with E-state index in [0.29, 0.717) is 22.5 Å². The number of rotatable bonds is 5. The fourth-order valence-corrected chi connectivity index (χ4v) is 3.94. The molecule has 2 aromatic carbocycles. The maximum atomic E-state index is 12.9. The van der Waals surface area contributed by atoms with E-state index >= 15 is 0 Å². The fourth-order valence-electron chi connectivity index (χ4n) is 2.62. The van der Waals surface area contributed by atoms with E-state index in [0.717, 1.165) is 12.0 Å². The van der Waals surface area contributed by atoms with Gasteiger partial charge in [0.1, 0.15) is 0 Å². The van der Waals surface area contributed by atoms with Gasteiger partial charge in [0.05, 0.1) is 10.6 Å². The second-order valence-electron chi connectivity index (χ2n) is 5.95. The first-order valence-electron chi connectivity index (χ1n) is 8.17. The van der Waals surface area contributed by atoms with Crippen molar-refractivity contribution >= 4 is 15.7 Å². The number of hydrogen-bond donors (Lipinski definition) is 2. The lowest BCUT2D eigenvalue weighted by Gasteiger charge is -2.12. The van der Waals surface area contributed by atoms with E-state index in [4.69, 9.17) is 0 Å². The van der Waals surface area contributed by atoms with Crippen LogP contribution in [0.1, 0.15) is 18.1 Å². The van der Waals surface area contributed by atoms with Crippen LogP contribution >= 0.6 is 0 Å². The lowest BCUT2D eigenvalue weighted by atomic mass is 10.1. The maximum absolute atomic E-state index is 12.9. The Hall–Kier alpha value is -2.93. The van der Waals surface area contributed by atoms with Gasteiger partial charge in [0, 0.05) is 17.3 Å². The predicted molar refractivity (Wildman–Crippen MR) is 102 cm³/mol. The highest BCUT2D eigenvalue weighted by atomic mass is 32.2. The van der Waals surface area contributed by atoms with E-state index in [-0.39, 0.29) is 10.5 Å². The number of anilines is 1. The van der Waals surface area contributed by atoms with Crippen LogP contribution < -0.4 is 10.3 Å². The highest BCUT2D eigenvalue weighted by molar-refractivity contribution is 7.92. The number of aryl methyl sites for hydroxylation is 2. The third kappa shape index (κ3) is 3.83. The van der Waals surface area contributed by atoms with E-state index < -0.39 is 10.0 Å². The average molecular weight is 369 g/mol. The lowest BCUT2D eigenvalue weighted by molar-refractivity contribution is 0.600. The van der Waals surface area contributed by atoms with Crippen LogP contribution in [0, 0.1) is 6.92 Å². The van der Waals surface area contributed by atoms with E-state index in [9.17, 15) is 13.2 Å². The summed E-state index contributed by atoms with van der Waals surface area (Å²) in [6, 6.07) is 15.3. The van der Waals surface area contributed by atoms with Gasteiger partial charge >= 0.3 is 0 Å². The van der Waals surface area contributed by atoms with Crippen LogP contribution in [0.15, 0.2) is 64.3 Å². The van der Waals surface area contributed by atoms with Crippen molar-refractivity contribution in [2.45, 2.75) is 25.2 Å². The monoisotopic (exact) mass is 369 g/mol. The Morgan fingerprint density at radius 1 is 1.08 bits per heavy atom. The molecule has 0 unspecified atom stereocenters. The van der Waals surface area contributed by atoms with Crippen LogP contribution in [0.4, 0.5) is 5.69 Å². The van der Waals surface area contributed by atoms with Gasteiger partial charge in [-0.25, -0.2) is 13.5 Å². The summed E-state index contributed by atoms with van der Waals surface area (Å²) in [6.07, 6.45) is 0.821. The quantitative estimate of drug-likeness (QED) is 0.723. The second kappa shape index (κ2) is 7.13. The molecule has 0 atom stereocenters. The topological polar surface area (TPSA) is 91.9 Å². The van der Waals surface area contributed by atoms with E-state index in [1.165, 1.54) is 6.07 Å². The Kier molecular flexibility index (Phi) is 4.90. The number of nitrogens with one attached hydrogen (secondary N) is 2. The van der Waals surface area contributed by atoms with Crippen molar-refractivity contribution in [2.24, 2.45) is 0 Å². The Morgan fingerprint density at radius 2 is 1.88 bits per heavy atom. The zero-order valence-corrected chi connectivity index (χ0v) is 15.3. The molecule has 0 aliphatic carbocycles. The highest BCUT2D eigenvalue weighted by Crippen LogP contribution is 2.25. The fraction of sp³-hybridized carbons (Fsp3) is 0.158. The molecule has 2 N–H and O–H groups in total. The van der Waals surface area contributed by atoms with Crippen LogP contribution in [0.5, 0.6) is 0 Å². The van der Waals surface area contributed by atoms with Crippen molar-refractivity contribution in [3.8, 4) is 11.3 Å². The molecular formula is C19H19N3O3S. The third-order valence-corrected chi connectivity index (χ3v) is 5.56. The average Bonchev–Trinajstić information content (AvgIpc) is 2.62. The summed E-state index contributed by atoms with van der Waals surface area (Å²) >= 11 is 0. The molecule has 0 bridgehead atoms. The Morgan fingerprint density at radius 3 is 2.58 bits per heavy atom. The summed E-state index contributed by atoms with van der Waals surface area (Å²) in [5, 5.41) is 6.31. The van der Waals surface area contributed by atoms with Crippen molar-refractivity contribution in [2.75, 3.05) is 4.72 Å². The van der Waals surface area contributed by atoms with Crippen LogP contribution in [-0.4, -0.2) is 18.6 Å². The van der Waals surface area contributed by atoms with Gasteiger partial charge in [-0.1, -0.05) is 31.2 Å². The molecule has 0 saturated heterocycles. The molecule has 0 aliphatic heterocycles. The summed E-state index contributed by atoms with van der Waals surface area (Å²) in [7, 11) is -3.76. The van der Waals surface area contributed by atoms with Crippen molar-refractivity contribution in [3.63, 3.8) is 0 Å². The second-order valence-corrected chi connectivity index (χ2v) is 7.60. The van der Waals surface area contributed by atoms with Crippen LogP contribution in [0.3, 0.4) is 0 Å². The molecule has 0 spiro atoms. The zero-order valence-electron chi connectivity index (χ0n) is 14.5. The van der Waals surface area contributed by atoms with Crippen molar-refractivity contribution in [3.05, 3.63) is 76.1 Å². The lowest BCUT2D eigenvalue weighted by Crippen LogP contribution is -2.14. The molecule has 6 nitrogen and oxygen atoms in total. The maximum Gasteiger partial charge on any atom is 0.264 e. The van der Waals surface area contributed by atoms with Gasteiger partial charge in [-0.3, -0.25) is 9.52 Å². The molecule has 134 valence electrons. The van der Waals surface area contributed by atoms with Gasteiger partial charge in [-0.15, -0.1) is 0 Å². The summed E-state index contributed by atoms with van der Waals surface area (Å²) < 4.78 is 28.4. The van der Waals surface area contributed by atoms with Crippen LogP contribution in [-0.2, 0) is 16.4 Å². The minimum Gasteiger partial charge on any atom is -0.280 e. The van der Waals surface area contributed by atoms with Crippen molar-refractivity contribution in [1.82, 2.24) is 10.2 Å². The summed E-state index contributed by atoms with van der Waals surface area (Å²) in [4.78, 5) is 11.3. The highest BCUT2D eigenvalue weighted by Gasteiger charge is 2.18. The molecule has 1 heterocycles. The molecule has 0 amide bonds. The van der Waals surface area contributed by atoms with Gasteiger partial charge in [0.2, 0.25) is 0 Å². The summed E-state index contributed by atoms with van der Waals surface area (Å²) in [5.74, 6) is 0. The standard InChI is InChI=1S/C19H19N3O3S/c1-3-14-5-4-6-16(11-14)22-26(24,25)18-12-15(8-7-13(18)2)17-9-10-19(23)21-20-17/h4-12,22H,3H2,1-2H3,(H,21,23). The van der Waals surface area contributed by atoms with Gasteiger partial charge in [-0.2, -0.15) is 5.10 Å². The third-order valence-electron chi connectivity index (χ3n) is 4.04. The summed E-state index contributed by atoms with van der Waals surface area (Å²) in [6.45, 7) is 3.75. The SMILES string of the molecule is CCc1cccc(NS(=O)(=O)c2cc(-c3ccc(=O)[nH]n3)ccc2C)c1. The molecule has 0 aliphatic rings. The minimum absolute atomic E-state index is 0.171. The largest absolute Gasteiger partial charge is 0.280 e. The molecule has 7 heteroatoms. The number of H-pyrrole nitrogens is 1. The number of sulfonamides is 1.